The van der Waals surface area contributed by atoms with Crippen LogP contribution in [0.3, 0.4) is 0 Å². The number of H-pyrrole nitrogens is 1. The number of nitrogens with zero attached hydrogens (tertiary/aromatic N) is 1. The van der Waals surface area contributed by atoms with Crippen molar-refractivity contribution < 1.29 is 61.9 Å². The van der Waals surface area contributed by atoms with Gasteiger partial charge in [-0.25, -0.2) is 4.79 Å². The van der Waals surface area contributed by atoms with Crippen LogP contribution in [0.25, 0.3) is 0 Å². The molecule has 1 atom stereocenters. The van der Waals surface area contributed by atoms with Gasteiger partial charge in [0, 0.05) is 11.8 Å². The summed E-state index contributed by atoms with van der Waals surface area (Å²) in [4.78, 5) is 45.5. The zero-order valence-corrected chi connectivity index (χ0v) is 13.0. The summed E-state index contributed by atoms with van der Waals surface area (Å²) in [6.07, 6.45) is -0.865. The van der Waals surface area contributed by atoms with Crippen molar-refractivity contribution in [2.45, 2.75) is 19.6 Å². The summed E-state index contributed by atoms with van der Waals surface area (Å²) in [5.74, 6) is 0. The van der Waals surface area contributed by atoms with Crippen molar-refractivity contribution in [3.8, 4) is 0 Å². The molecule has 9 nitrogen and oxygen atoms in total. The minimum absolute atomic E-state index is 0. The fourth-order valence-corrected chi connectivity index (χ4v) is 1.73. The fourth-order valence-electron chi connectivity index (χ4n) is 1.33. The monoisotopic (exact) mass is 306 g/mol. The molecular formula is C9H13Li2N2O7P. The second-order valence-corrected chi connectivity index (χ2v) is 5.42. The van der Waals surface area contributed by atoms with Gasteiger partial charge in [-0.3, -0.25) is 14.3 Å². The number of nitrogens with one attached hydrogen (secondary N) is 1. The van der Waals surface area contributed by atoms with Crippen LogP contribution in [0.5, 0.6) is 0 Å². The molecule has 21 heavy (non-hydrogen) atoms. The standard InChI is InChI=1S/C9H15N2O7P.2Li/c1-6-2-11(9(14)10-8(6)13)3-7(4-12)18-5-19(15,16)17;;/h2,7,12H,3-5H2,1H3,(H,10,13,14)(H2,15,16,17);;/q;2*+1/p-2/t7-;;/m1../s1. The minimum Gasteiger partial charge on any atom is -0.809 e. The number of aromatic nitrogens is 2. The molecular weight excluding hydrogens is 293 g/mol. The normalized spacial score (nSPS) is 12.2. The number of hydrogen-bond donors (Lipinski definition) is 2. The van der Waals surface area contributed by atoms with Crippen LogP contribution in [0.1, 0.15) is 5.56 Å². The van der Waals surface area contributed by atoms with Crippen LogP contribution >= 0.6 is 7.60 Å². The molecule has 0 aliphatic carbocycles. The molecule has 1 aromatic rings. The Balaban J connectivity index is 0. The second kappa shape index (κ2) is 9.86. The quantitative estimate of drug-likeness (QED) is 0.391. The van der Waals surface area contributed by atoms with Gasteiger partial charge in [0.2, 0.25) is 0 Å². The first-order valence-electron chi connectivity index (χ1n) is 5.27. The van der Waals surface area contributed by atoms with Crippen molar-refractivity contribution in [3.63, 3.8) is 0 Å². The molecule has 108 valence electrons. The van der Waals surface area contributed by atoms with E-state index in [9.17, 15) is 23.9 Å². The molecule has 2 N–H and O–H groups in total. The summed E-state index contributed by atoms with van der Waals surface area (Å²) in [6, 6.07) is 0. The molecule has 0 saturated carbocycles. The van der Waals surface area contributed by atoms with Crippen LogP contribution in [-0.2, 0) is 15.8 Å². The second-order valence-electron chi connectivity index (χ2n) is 3.94. The van der Waals surface area contributed by atoms with Crippen LogP contribution in [0, 0.1) is 6.92 Å². The molecule has 0 aliphatic rings. The van der Waals surface area contributed by atoms with E-state index in [1.54, 1.807) is 0 Å². The minimum atomic E-state index is -4.85. The van der Waals surface area contributed by atoms with Gasteiger partial charge in [0.25, 0.3) is 5.56 Å². The van der Waals surface area contributed by atoms with E-state index in [0.29, 0.717) is 0 Å². The molecule has 0 amide bonds. The van der Waals surface area contributed by atoms with E-state index < -0.39 is 37.9 Å². The molecule has 1 rings (SSSR count). The average Bonchev–Trinajstić information content (AvgIpc) is 2.29. The summed E-state index contributed by atoms with van der Waals surface area (Å²) < 4.78 is 16.2. The van der Waals surface area contributed by atoms with E-state index in [4.69, 9.17) is 9.84 Å². The van der Waals surface area contributed by atoms with Crippen LogP contribution in [0.2, 0.25) is 0 Å². The van der Waals surface area contributed by atoms with Gasteiger partial charge in [-0.15, -0.1) is 0 Å². The Labute approximate surface area is 144 Å². The summed E-state index contributed by atoms with van der Waals surface area (Å²) in [5, 5.41) is 8.99. The Bertz CT molecular complexity index is 596. The van der Waals surface area contributed by atoms with E-state index in [1.807, 2.05) is 4.98 Å². The van der Waals surface area contributed by atoms with Crippen LogP contribution in [-0.4, -0.2) is 33.7 Å². The van der Waals surface area contributed by atoms with Crippen molar-refractivity contribution in [2.24, 2.45) is 0 Å². The maximum Gasteiger partial charge on any atom is 1.00 e. The molecule has 0 radical (unpaired) electrons. The van der Waals surface area contributed by atoms with Gasteiger partial charge in [0.1, 0.15) is 0 Å². The van der Waals surface area contributed by atoms with Crippen molar-refractivity contribution >= 4 is 7.60 Å². The number of ether oxygens (including phenoxy) is 1. The first kappa shape index (κ1) is 23.2. The largest absolute Gasteiger partial charge is 1.00 e. The van der Waals surface area contributed by atoms with Gasteiger partial charge in [-0.1, -0.05) is 0 Å². The molecule has 0 fully saturated rings. The molecule has 1 aromatic heterocycles. The first-order chi connectivity index (χ1) is 8.73. The third-order valence-corrected chi connectivity index (χ3v) is 2.73. The van der Waals surface area contributed by atoms with Crippen molar-refractivity contribution in [2.75, 3.05) is 13.0 Å². The Morgan fingerprint density at radius 3 is 2.48 bits per heavy atom. The Hall–Kier alpha value is -0.0552. The summed E-state index contributed by atoms with van der Waals surface area (Å²) >= 11 is 0. The van der Waals surface area contributed by atoms with Gasteiger partial charge >= 0.3 is 43.4 Å². The summed E-state index contributed by atoms with van der Waals surface area (Å²) in [5.41, 5.74) is -0.981. The van der Waals surface area contributed by atoms with Gasteiger partial charge in [-0.2, -0.15) is 0 Å². The number of rotatable bonds is 6. The molecule has 0 saturated heterocycles. The molecule has 0 aliphatic heterocycles. The maximum absolute atomic E-state index is 11.4. The molecule has 0 spiro atoms. The predicted octanol–water partition coefficient (Wildman–Crippen LogP) is -8.90. The third-order valence-electron chi connectivity index (χ3n) is 2.26. The summed E-state index contributed by atoms with van der Waals surface area (Å²) in [6.45, 7) is 0.713. The van der Waals surface area contributed by atoms with Gasteiger partial charge < -0.3 is 24.2 Å². The van der Waals surface area contributed by atoms with E-state index >= 15 is 0 Å². The van der Waals surface area contributed by atoms with Crippen molar-refractivity contribution in [1.29, 1.82) is 0 Å². The SMILES string of the molecule is Cc1cn(C[C@H](CO)OCP(=O)([O-])[O-])c(=O)[nH]c1=O.[Li+].[Li+]. The fraction of sp³-hybridized carbons (Fsp3) is 0.556. The molecule has 1 heterocycles. The number of aromatic amines is 1. The molecule has 0 unspecified atom stereocenters. The predicted molar refractivity (Wildman–Crippen MR) is 60.5 cm³/mol. The smallest absolute Gasteiger partial charge is 0.809 e. The molecule has 12 heteroatoms. The first-order valence-corrected chi connectivity index (χ1v) is 6.99. The topological polar surface area (TPSA) is 148 Å². The van der Waals surface area contributed by atoms with Crippen LogP contribution < -0.4 is 58.8 Å². The van der Waals surface area contributed by atoms with E-state index in [2.05, 4.69) is 0 Å². The van der Waals surface area contributed by atoms with E-state index in [-0.39, 0.29) is 49.8 Å². The van der Waals surface area contributed by atoms with Crippen molar-refractivity contribution in [1.82, 2.24) is 9.55 Å². The number of aliphatic hydroxyl groups is 1. The third kappa shape index (κ3) is 8.22. The van der Waals surface area contributed by atoms with E-state index in [0.717, 1.165) is 4.57 Å². The van der Waals surface area contributed by atoms with Crippen molar-refractivity contribution in [3.05, 3.63) is 32.6 Å². The molecule has 0 bridgehead atoms. The Morgan fingerprint density at radius 1 is 1.43 bits per heavy atom. The maximum atomic E-state index is 11.4. The Morgan fingerprint density at radius 2 is 2.00 bits per heavy atom. The van der Waals surface area contributed by atoms with E-state index in [1.165, 1.54) is 13.1 Å². The number of hydrogen-bond acceptors (Lipinski definition) is 7. The molecule has 0 aromatic carbocycles. The Kier molecular flexibility index (Phi) is 10.9. The zero-order valence-electron chi connectivity index (χ0n) is 12.1. The van der Waals surface area contributed by atoms with Gasteiger partial charge in [0.05, 0.1) is 25.6 Å². The zero-order chi connectivity index (χ0) is 14.6. The average molecular weight is 306 g/mol. The van der Waals surface area contributed by atoms with Gasteiger partial charge in [-0.05, 0) is 14.5 Å². The van der Waals surface area contributed by atoms with Crippen LogP contribution in [0.15, 0.2) is 15.8 Å². The van der Waals surface area contributed by atoms with Gasteiger partial charge in [0.15, 0.2) is 0 Å². The van der Waals surface area contributed by atoms with Crippen LogP contribution in [0.4, 0.5) is 0 Å². The number of aryl methyl sites for hydroxylation is 1. The number of aliphatic hydroxyl groups excluding tert-OH is 1. The summed E-state index contributed by atoms with van der Waals surface area (Å²) in [7, 11) is -4.85.